The van der Waals surface area contributed by atoms with Gasteiger partial charge in [-0.1, -0.05) is 44.2 Å². The van der Waals surface area contributed by atoms with Crippen molar-refractivity contribution in [2.45, 2.75) is 27.2 Å². The van der Waals surface area contributed by atoms with Gasteiger partial charge in [0, 0.05) is 5.02 Å². The van der Waals surface area contributed by atoms with Gasteiger partial charge in [-0.15, -0.1) is 0 Å². The lowest BCUT2D eigenvalue weighted by atomic mass is 9.94. The number of nitrogens with one attached hydrogen (secondary N) is 1. The molecule has 1 aromatic carbocycles. The van der Waals surface area contributed by atoms with Crippen LogP contribution in [0.5, 0.6) is 0 Å². The summed E-state index contributed by atoms with van der Waals surface area (Å²) in [5, 5.41) is 9.20. The largest absolute Gasteiger partial charge is 0.384 e. The number of rotatable bonds is 4. The fourth-order valence-electron chi connectivity index (χ4n) is 1.50. The molecule has 0 spiro atoms. The first-order valence-electron chi connectivity index (χ1n) is 6.53. The summed E-state index contributed by atoms with van der Waals surface area (Å²) in [4.78, 5) is 0. The molecule has 0 unspecified atom stereocenters. The summed E-state index contributed by atoms with van der Waals surface area (Å²) in [6, 6.07) is 4.72. The van der Waals surface area contributed by atoms with Crippen LogP contribution < -0.4 is 4.72 Å². The smallest absolute Gasteiger partial charge is 0.232 e. The molecule has 0 fully saturated rings. The quantitative estimate of drug-likeness (QED) is 0.835. The van der Waals surface area contributed by atoms with Gasteiger partial charge in [0.2, 0.25) is 10.0 Å². The van der Waals surface area contributed by atoms with Crippen molar-refractivity contribution in [3.8, 4) is 11.8 Å². The Labute approximate surface area is 131 Å². The van der Waals surface area contributed by atoms with Gasteiger partial charge in [-0.05, 0) is 30.0 Å². The molecule has 2 N–H and O–H groups in total. The van der Waals surface area contributed by atoms with E-state index >= 15 is 0 Å². The van der Waals surface area contributed by atoms with Crippen molar-refractivity contribution in [1.82, 2.24) is 0 Å². The number of hydrogen-bond acceptors (Lipinski definition) is 3. The maximum atomic E-state index is 12.1. The molecule has 0 saturated heterocycles. The fourth-order valence-corrected chi connectivity index (χ4v) is 3.17. The first-order chi connectivity index (χ1) is 9.63. The average Bonchev–Trinajstić information content (AvgIpc) is 2.36. The maximum absolute atomic E-state index is 12.1. The molecule has 0 aliphatic heterocycles. The van der Waals surface area contributed by atoms with Gasteiger partial charge in [-0.3, -0.25) is 4.72 Å². The summed E-state index contributed by atoms with van der Waals surface area (Å²) < 4.78 is 26.8. The molecule has 0 radical (unpaired) electrons. The minimum absolute atomic E-state index is 0.0337. The minimum atomic E-state index is -3.45. The predicted molar refractivity (Wildman–Crippen MR) is 86.9 cm³/mol. The molecule has 0 aliphatic carbocycles. The summed E-state index contributed by atoms with van der Waals surface area (Å²) in [5.74, 6) is 5.21. The third-order valence-electron chi connectivity index (χ3n) is 2.67. The molecule has 0 amide bonds. The molecule has 116 valence electrons. The number of anilines is 1. The molecule has 0 bridgehead atoms. The Morgan fingerprint density at radius 2 is 2.00 bits per heavy atom. The third kappa shape index (κ3) is 6.85. The zero-order chi connectivity index (χ0) is 16.1. The number of halogens is 1. The zero-order valence-corrected chi connectivity index (χ0v) is 14.0. The van der Waals surface area contributed by atoms with Crippen LogP contribution in [0.25, 0.3) is 0 Å². The molecule has 0 atom stereocenters. The van der Waals surface area contributed by atoms with Crippen LogP contribution in [0.4, 0.5) is 5.69 Å². The summed E-state index contributed by atoms with van der Waals surface area (Å²) in [6.07, 6.45) is 0.549. The standard InChI is InChI=1S/C15H20ClNO3S/c1-15(2,3)8-10-21(19,20)17-14-7-6-13(16)11-12(14)5-4-9-18/h6-7,11,17-18H,8-10H2,1-3H3. The topological polar surface area (TPSA) is 66.4 Å². The highest BCUT2D eigenvalue weighted by molar-refractivity contribution is 7.92. The Hall–Kier alpha value is -1.22. The third-order valence-corrected chi connectivity index (χ3v) is 4.18. The van der Waals surface area contributed by atoms with Crippen LogP contribution in [0.15, 0.2) is 18.2 Å². The predicted octanol–water partition coefficient (Wildman–Crippen LogP) is 2.86. The van der Waals surface area contributed by atoms with Gasteiger partial charge in [-0.2, -0.15) is 0 Å². The molecule has 0 heterocycles. The molecular formula is C15H20ClNO3S. The van der Waals surface area contributed by atoms with Crippen LogP contribution >= 0.6 is 11.6 Å². The van der Waals surface area contributed by atoms with E-state index in [2.05, 4.69) is 16.6 Å². The van der Waals surface area contributed by atoms with Crippen LogP contribution in [0, 0.1) is 17.3 Å². The van der Waals surface area contributed by atoms with E-state index in [4.69, 9.17) is 16.7 Å². The van der Waals surface area contributed by atoms with Crippen LogP contribution in [0.1, 0.15) is 32.8 Å². The van der Waals surface area contributed by atoms with Gasteiger partial charge in [0.05, 0.1) is 17.0 Å². The highest BCUT2D eigenvalue weighted by Crippen LogP contribution is 2.23. The van der Waals surface area contributed by atoms with E-state index < -0.39 is 10.0 Å². The van der Waals surface area contributed by atoms with Gasteiger partial charge in [-0.25, -0.2) is 8.42 Å². The second-order valence-corrected chi connectivity index (χ2v) is 8.16. The van der Waals surface area contributed by atoms with Gasteiger partial charge in [0.15, 0.2) is 0 Å². The zero-order valence-electron chi connectivity index (χ0n) is 12.4. The monoisotopic (exact) mass is 329 g/mol. The highest BCUT2D eigenvalue weighted by atomic mass is 35.5. The SMILES string of the molecule is CC(C)(C)CCS(=O)(=O)Nc1ccc(Cl)cc1C#CCO. The first-order valence-corrected chi connectivity index (χ1v) is 8.56. The Morgan fingerprint density at radius 1 is 1.33 bits per heavy atom. The van der Waals surface area contributed by atoms with Gasteiger partial charge < -0.3 is 5.11 Å². The van der Waals surface area contributed by atoms with E-state index in [1.54, 1.807) is 18.2 Å². The van der Waals surface area contributed by atoms with E-state index in [0.29, 0.717) is 22.7 Å². The maximum Gasteiger partial charge on any atom is 0.232 e. The molecular weight excluding hydrogens is 310 g/mol. The molecule has 1 aromatic rings. The normalized spacial score (nSPS) is 11.7. The first kappa shape index (κ1) is 17.8. The fraction of sp³-hybridized carbons (Fsp3) is 0.467. The van der Waals surface area contributed by atoms with Crippen LogP contribution in [0.3, 0.4) is 0 Å². The highest BCUT2D eigenvalue weighted by Gasteiger charge is 2.18. The van der Waals surface area contributed by atoms with Crippen LogP contribution in [0.2, 0.25) is 5.02 Å². The second kappa shape index (κ2) is 7.17. The lowest BCUT2D eigenvalue weighted by molar-refractivity contribution is 0.350. The van der Waals surface area contributed by atoms with Crippen molar-refractivity contribution in [3.63, 3.8) is 0 Å². The average molecular weight is 330 g/mol. The summed E-state index contributed by atoms with van der Waals surface area (Å²) in [6.45, 7) is 5.66. The van der Waals surface area contributed by atoms with E-state index in [0.717, 1.165) is 0 Å². The van der Waals surface area contributed by atoms with E-state index in [1.165, 1.54) is 0 Å². The lowest BCUT2D eigenvalue weighted by Gasteiger charge is -2.18. The Morgan fingerprint density at radius 3 is 2.57 bits per heavy atom. The number of hydrogen-bond donors (Lipinski definition) is 2. The Kier molecular flexibility index (Phi) is 6.09. The van der Waals surface area contributed by atoms with Gasteiger partial charge in [0.25, 0.3) is 0 Å². The van der Waals surface area contributed by atoms with Crippen molar-refractivity contribution < 1.29 is 13.5 Å². The molecule has 4 nitrogen and oxygen atoms in total. The van der Waals surface area contributed by atoms with Crippen molar-refractivity contribution >= 4 is 27.3 Å². The van der Waals surface area contributed by atoms with Crippen LogP contribution in [-0.4, -0.2) is 25.9 Å². The lowest BCUT2D eigenvalue weighted by Crippen LogP contribution is -2.21. The van der Waals surface area contributed by atoms with E-state index in [-0.39, 0.29) is 17.8 Å². The molecule has 0 saturated carbocycles. The summed E-state index contributed by atoms with van der Waals surface area (Å²) >= 11 is 5.88. The number of aliphatic hydroxyl groups is 1. The molecule has 6 heteroatoms. The minimum Gasteiger partial charge on any atom is -0.384 e. The van der Waals surface area contributed by atoms with Crippen molar-refractivity contribution in [2.75, 3.05) is 17.1 Å². The van der Waals surface area contributed by atoms with Gasteiger partial charge >= 0.3 is 0 Å². The van der Waals surface area contributed by atoms with Gasteiger partial charge in [0.1, 0.15) is 6.61 Å². The van der Waals surface area contributed by atoms with Crippen molar-refractivity contribution in [1.29, 1.82) is 0 Å². The van der Waals surface area contributed by atoms with Crippen molar-refractivity contribution in [2.24, 2.45) is 5.41 Å². The molecule has 21 heavy (non-hydrogen) atoms. The van der Waals surface area contributed by atoms with E-state index in [1.807, 2.05) is 20.8 Å². The number of aliphatic hydroxyl groups excluding tert-OH is 1. The molecule has 0 aliphatic rings. The van der Waals surface area contributed by atoms with E-state index in [9.17, 15) is 8.42 Å². The van der Waals surface area contributed by atoms with Crippen LogP contribution in [-0.2, 0) is 10.0 Å². The summed E-state index contributed by atoms with van der Waals surface area (Å²) in [5.41, 5.74) is 0.749. The Balaban J connectivity index is 2.96. The Bertz CT molecular complexity index is 652. The summed E-state index contributed by atoms with van der Waals surface area (Å²) in [7, 11) is -3.45. The second-order valence-electron chi connectivity index (χ2n) is 5.88. The number of sulfonamides is 1. The van der Waals surface area contributed by atoms with Crippen molar-refractivity contribution in [3.05, 3.63) is 28.8 Å². The molecule has 0 aromatic heterocycles. The molecule has 1 rings (SSSR count). The number of benzene rings is 1.